The van der Waals surface area contributed by atoms with E-state index in [0.717, 1.165) is 33.4 Å². The summed E-state index contributed by atoms with van der Waals surface area (Å²) in [4.78, 5) is 18.6. The van der Waals surface area contributed by atoms with Crippen molar-refractivity contribution in [1.82, 2.24) is 0 Å². The topological polar surface area (TPSA) is 105 Å². The largest absolute Gasteiger partial charge is 0.452 e. The highest BCUT2D eigenvalue weighted by atomic mass is 16.5. The normalized spacial score (nSPS) is 17.4. The molecule has 3 aliphatic carbocycles. The Balaban J connectivity index is 0.796. The van der Waals surface area contributed by atoms with Crippen LogP contribution in [0.2, 0.25) is 0 Å². The third-order valence-corrected chi connectivity index (χ3v) is 14.8. The van der Waals surface area contributed by atoms with Gasteiger partial charge in [-0.1, -0.05) is 172 Å². The van der Waals surface area contributed by atoms with Crippen LogP contribution in [0.4, 0.5) is 0 Å². The van der Waals surface area contributed by atoms with Crippen molar-refractivity contribution < 1.29 is 28.4 Å². The average molecular weight is 1080 g/mol. The molecule has 2 saturated carbocycles. The second-order valence-electron chi connectivity index (χ2n) is 21.1. The van der Waals surface area contributed by atoms with Gasteiger partial charge in [0, 0.05) is 20.3 Å². The minimum atomic E-state index is -0.744. The maximum atomic E-state index is 6.57. The zero-order chi connectivity index (χ0) is 55.8. The van der Waals surface area contributed by atoms with E-state index >= 15 is 0 Å². The van der Waals surface area contributed by atoms with Gasteiger partial charge >= 0.3 is 12.0 Å². The number of ether oxygens (including phenoxy) is 6. The van der Waals surface area contributed by atoms with Crippen molar-refractivity contribution in [2.45, 2.75) is 109 Å². The van der Waals surface area contributed by atoms with Crippen molar-refractivity contribution in [1.29, 1.82) is 0 Å². The first-order valence-electron chi connectivity index (χ1n) is 28.3. The molecule has 1 atom stereocenters. The van der Waals surface area contributed by atoms with Crippen molar-refractivity contribution in [3.8, 4) is 51.0 Å². The van der Waals surface area contributed by atoms with E-state index in [1.54, 1.807) is 13.8 Å². The van der Waals surface area contributed by atoms with Crippen LogP contribution in [0.25, 0.3) is 27.8 Å². The van der Waals surface area contributed by atoms with E-state index < -0.39 is 5.60 Å². The Kier molecular flexibility index (Phi) is 18.3. The fourth-order valence-electron chi connectivity index (χ4n) is 10.5. The Morgan fingerprint density at radius 1 is 0.407 bits per heavy atom. The molecular weight excluding hydrogens is 1000 g/mol. The van der Waals surface area contributed by atoms with Crippen LogP contribution in [0.5, 0.6) is 28.7 Å². The van der Waals surface area contributed by atoms with Gasteiger partial charge in [-0.25, -0.2) is 0 Å². The highest BCUT2D eigenvalue weighted by Gasteiger charge is 2.28. The van der Waals surface area contributed by atoms with Gasteiger partial charge in [0.2, 0.25) is 11.8 Å². The summed E-state index contributed by atoms with van der Waals surface area (Å²) in [6, 6.07) is 60.3. The SMILES string of the molecule is C=C(/N=C(\N=C(/C)Oc1ccc(-c2ccc(OC(=C)/N=C(\N=C(/C)Oc3ccc(C4CCCCC4)cc3)OC3(C)C=CC(c4ccccc4)=CC3)cc2)cc1)Oc1ccc(C2CCCCC2)cc1)Oc1ccc(-c2ccccc2)cc1. The van der Waals surface area contributed by atoms with Gasteiger partial charge in [0.15, 0.2) is 11.8 Å². The average Bonchev–Trinajstić information content (AvgIpc) is 3.53. The van der Waals surface area contributed by atoms with Crippen LogP contribution in [-0.4, -0.2) is 29.4 Å². The molecule has 0 bridgehead atoms. The van der Waals surface area contributed by atoms with Crippen molar-refractivity contribution in [2.24, 2.45) is 20.0 Å². The molecule has 81 heavy (non-hydrogen) atoms. The van der Waals surface area contributed by atoms with Crippen molar-refractivity contribution in [2.75, 3.05) is 0 Å². The Bertz CT molecular complexity index is 3430. The lowest BCUT2D eigenvalue weighted by atomic mass is 9.84. The fraction of sp³-hybridized carbons (Fsp3) is 0.239. The lowest BCUT2D eigenvalue weighted by Gasteiger charge is -2.28. The molecule has 0 saturated heterocycles. The molecule has 10 nitrogen and oxygen atoms in total. The molecule has 0 amide bonds. The minimum absolute atomic E-state index is 0.0214. The predicted molar refractivity (Wildman–Crippen MR) is 328 cm³/mol. The third-order valence-electron chi connectivity index (χ3n) is 14.8. The number of rotatable bonds is 15. The molecule has 0 radical (unpaired) electrons. The summed E-state index contributed by atoms with van der Waals surface area (Å²) in [6.07, 6.45) is 19.5. The number of hydrogen-bond donors (Lipinski definition) is 0. The van der Waals surface area contributed by atoms with E-state index in [9.17, 15) is 0 Å². The van der Waals surface area contributed by atoms with Crippen LogP contribution in [0.1, 0.15) is 120 Å². The summed E-state index contributed by atoms with van der Waals surface area (Å²) < 4.78 is 37.5. The summed E-state index contributed by atoms with van der Waals surface area (Å²) in [5.41, 5.74) is 8.32. The summed E-state index contributed by atoms with van der Waals surface area (Å²) >= 11 is 0. The number of allylic oxidation sites excluding steroid dienone is 2. The lowest BCUT2D eigenvalue weighted by molar-refractivity contribution is 0.125. The summed E-state index contributed by atoms with van der Waals surface area (Å²) in [5.74, 6) is 5.06. The first kappa shape index (κ1) is 55.3. The van der Waals surface area contributed by atoms with Gasteiger partial charge in [-0.15, -0.1) is 0 Å². The molecule has 3 aliphatic rings. The van der Waals surface area contributed by atoms with Crippen molar-refractivity contribution >= 4 is 29.4 Å². The van der Waals surface area contributed by atoms with E-state index in [-0.39, 0.29) is 23.8 Å². The standard InChI is InChI=1S/C71H70N4O6/c1-50(76-64-36-26-58(27-37-64)54-18-10-6-11-19-54)72-69(80-68-44-34-60(35-45-68)56-22-14-8-15-23-56)73-51(2)77-65-40-30-61(31-41-65)62-32-42-67(43-33-62)79-53(4)75-70(81-71(5)48-46-63(47-49-71)57-24-16-9-17-25-57)74-52(3)78-66-38-28-59(29-39-66)55-20-12-7-13-21-55/h6,9-11,16-19,24-48,55-56H,1,4,7-8,12-15,20-23,49H2,2-3,5H3/b72-69+,73-51+,74-52+,75-70+. The highest BCUT2D eigenvalue weighted by molar-refractivity contribution is 5.92. The number of amidine groups is 2. The van der Waals surface area contributed by atoms with Crippen LogP contribution >= 0.6 is 0 Å². The first-order valence-corrected chi connectivity index (χ1v) is 28.3. The van der Waals surface area contributed by atoms with Crippen LogP contribution in [0.3, 0.4) is 0 Å². The summed E-state index contributed by atoms with van der Waals surface area (Å²) in [5, 5.41) is 0. The fourth-order valence-corrected chi connectivity index (χ4v) is 10.5. The minimum Gasteiger partial charge on any atom is -0.452 e. The van der Waals surface area contributed by atoms with Gasteiger partial charge in [0.25, 0.3) is 0 Å². The third kappa shape index (κ3) is 15.8. The van der Waals surface area contributed by atoms with E-state index in [4.69, 9.17) is 33.4 Å². The monoisotopic (exact) mass is 1070 g/mol. The van der Waals surface area contributed by atoms with E-state index in [2.05, 4.69) is 88.8 Å². The van der Waals surface area contributed by atoms with Crippen LogP contribution in [0, 0.1) is 0 Å². The van der Waals surface area contributed by atoms with Crippen molar-refractivity contribution in [3.63, 3.8) is 0 Å². The molecule has 7 aromatic rings. The molecule has 2 fully saturated rings. The lowest BCUT2D eigenvalue weighted by Crippen LogP contribution is -2.30. The quantitative estimate of drug-likeness (QED) is 0.0575. The van der Waals surface area contributed by atoms with Gasteiger partial charge in [-0.2, -0.15) is 20.0 Å². The Morgan fingerprint density at radius 2 is 0.778 bits per heavy atom. The van der Waals surface area contributed by atoms with Gasteiger partial charge in [0.05, 0.1) is 0 Å². The van der Waals surface area contributed by atoms with E-state index in [1.165, 1.54) is 75.3 Å². The summed E-state index contributed by atoms with van der Waals surface area (Å²) in [7, 11) is 0. The highest BCUT2D eigenvalue weighted by Crippen LogP contribution is 2.36. The molecule has 0 N–H and O–H groups in total. The maximum Gasteiger partial charge on any atom is 0.328 e. The zero-order valence-electron chi connectivity index (χ0n) is 46.6. The molecule has 10 rings (SSSR count). The Hall–Kier alpha value is -9.02. The van der Waals surface area contributed by atoms with Crippen LogP contribution < -0.4 is 23.7 Å². The predicted octanol–water partition coefficient (Wildman–Crippen LogP) is 18.4. The molecule has 0 spiro atoms. The number of hydrogen-bond acceptors (Lipinski definition) is 8. The molecule has 0 aromatic heterocycles. The molecule has 410 valence electrons. The Labute approximate surface area is 477 Å². The molecule has 0 aliphatic heterocycles. The molecule has 7 aromatic carbocycles. The van der Waals surface area contributed by atoms with Gasteiger partial charge in [0.1, 0.15) is 34.3 Å². The van der Waals surface area contributed by atoms with Crippen LogP contribution in [-0.2, 0) is 4.74 Å². The molecule has 1 unspecified atom stereocenters. The number of benzene rings is 7. The Morgan fingerprint density at radius 3 is 1.21 bits per heavy atom. The zero-order valence-corrected chi connectivity index (χ0v) is 46.6. The van der Waals surface area contributed by atoms with Gasteiger partial charge in [-0.05, 0) is 169 Å². The smallest absolute Gasteiger partial charge is 0.328 e. The maximum absolute atomic E-state index is 6.57. The van der Waals surface area contributed by atoms with Gasteiger partial charge < -0.3 is 28.4 Å². The second-order valence-corrected chi connectivity index (χ2v) is 21.1. The molecule has 0 heterocycles. The summed E-state index contributed by atoms with van der Waals surface area (Å²) in [6.45, 7) is 13.8. The number of nitrogens with zero attached hydrogens (tertiary/aromatic N) is 4. The van der Waals surface area contributed by atoms with Gasteiger partial charge in [-0.3, -0.25) is 0 Å². The van der Waals surface area contributed by atoms with Crippen molar-refractivity contribution in [3.05, 3.63) is 242 Å². The van der Waals surface area contributed by atoms with Crippen LogP contribution in [0.15, 0.2) is 245 Å². The number of aliphatic imine (C=N–C) groups is 4. The first-order chi connectivity index (χ1) is 39.5. The van der Waals surface area contributed by atoms with E-state index in [0.29, 0.717) is 58.8 Å². The molecule has 10 heteroatoms. The molecular formula is C71H70N4O6. The van der Waals surface area contributed by atoms with E-state index in [1.807, 2.05) is 146 Å². The second kappa shape index (κ2) is 26.8.